The maximum absolute atomic E-state index is 13.1. The van der Waals surface area contributed by atoms with E-state index in [9.17, 15) is 18.0 Å². The maximum Gasteiger partial charge on any atom is 0.416 e. The Hall–Kier alpha value is -3.01. The lowest BCUT2D eigenvalue weighted by molar-refractivity contribution is -0.137. The molecule has 0 unspecified atom stereocenters. The molecule has 164 valence electrons. The number of carbonyl (C=O) groups excluding carboxylic acids is 1. The molecule has 1 atom stereocenters. The first kappa shape index (κ1) is 21.2. The molecule has 2 heterocycles. The highest BCUT2D eigenvalue weighted by Crippen LogP contribution is 2.35. The van der Waals surface area contributed by atoms with Crippen LogP contribution in [0.5, 0.6) is 11.5 Å². The second-order valence-electron chi connectivity index (χ2n) is 7.12. The quantitative estimate of drug-likeness (QED) is 0.612. The number of hydrogen-bond donors (Lipinski definition) is 1. The van der Waals surface area contributed by atoms with Gasteiger partial charge in [0, 0.05) is 19.1 Å². The number of halogens is 3. The number of nitrogens with zero attached hydrogens (tertiary/aromatic N) is 2. The number of hydrogen-bond acceptors (Lipinski definition) is 6. The van der Waals surface area contributed by atoms with Crippen LogP contribution in [0.15, 0.2) is 36.4 Å². The van der Waals surface area contributed by atoms with Gasteiger partial charge in [-0.05, 0) is 36.8 Å². The molecular formula is C21H20F3N3O3S. The Bertz CT molecular complexity index is 1090. The zero-order chi connectivity index (χ0) is 22.2. The number of rotatable bonds is 5. The minimum atomic E-state index is -4.39. The van der Waals surface area contributed by atoms with Crippen LogP contribution >= 0.6 is 11.3 Å². The van der Waals surface area contributed by atoms with Crippen LogP contribution in [0.1, 0.15) is 22.3 Å². The molecule has 0 spiro atoms. The molecule has 2 aromatic carbocycles. The molecule has 0 aliphatic carbocycles. The van der Waals surface area contributed by atoms with Crippen LogP contribution in [0, 0.1) is 0 Å². The number of amides is 1. The molecule has 3 aromatic rings. The molecular weight excluding hydrogens is 431 g/mol. The topological polar surface area (TPSA) is 63.7 Å². The van der Waals surface area contributed by atoms with Crippen LogP contribution in [0.4, 0.5) is 18.3 Å². The highest BCUT2D eigenvalue weighted by atomic mass is 32.1. The van der Waals surface area contributed by atoms with E-state index < -0.39 is 11.7 Å². The summed E-state index contributed by atoms with van der Waals surface area (Å²) in [5, 5.41) is 3.78. The van der Waals surface area contributed by atoms with Crippen molar-refractivity contribution >= 4 is 32.6 Å². The Morgan fingerprint density at radius 1 is 1.19 bits per heavy atom. The summed E-state index contributed by atoms with van der Waals surface area (Å²) < 4.78 is 49.9. The summed E-state index contributed by atoms with van der Waals surface area (Å²) in [5.41, 5.74) is 0.177. The van der Waals surface area contributed by atoms with Gasteiger partial charge in [-0.25, -0.2) is 4.98 Å². The predicted molar refractivity (Wildman–Crippen MR) is 112 cm³/mol. The van der Waals surface area contributed by atoms with Gasteiger partial charge in [0.1, 0.15) is 17.1 Å². The number of nitrogens with one attached hydrogen (secondary N) is 1. The smallest absolute Gasteiger partial charge is 0.416 e. The van der Waals surface area contributed by atoms with Gasteiger partial charge in [-0.3, -0.25) is 4.79 Å². The van der Waals surface area contributed by atoms with Gasteiger partial charge in [-0.15, -0.1) is 0 Å². The Morgan fingerprint density at radius 2 is 1.90 bits per heavy atom. The van der Waals surface area contributed by atoms with Crippen LogP contribution in [0.3, 0.4) is 0 Å². The average molecular weight is 451 g/mol. The van der Waals surface area contributed by atoms with Crippen molar-refractivity contribution in [2.75, 3.05) is 32.6 Å². The van der Waals surface area contributed by atoms with E-state index in [0.29, 0.717) is 51.9 Å². The molecule has 4 rings (SSSR count). The van der Waals surface area contributed by atoms with Crippen molar-refractivity contribution in [1.29, 1.82) is 0 Å². The summed E-state index contributed by atoms with van der Waals surface area (Å²) in [4.78, 5) is 19.2. The van der Waals surface area contributed by atoms with Crippen molar-refractivity contribution in [2.24, 2.45) is 0 Å². The molecule has 1 saturated heterocycles. The molecule has 1 aromatic heterocycles. The first-order valence-corrected chi connectivity index (χ1v) is 10.4. The molecule has 6 nitrogen and oxygen atoms in total. The van der Waals surface area contributed by atoms with Crippen LogP contribution < -0.4 is 14.8 Å². The molecule has 1 amide bonds. The minimum Gasteiger partial charge on any atom is -0.496 e. The van der Waals surface area contributed by atoms with Crippen molar-refractivity contribution in [2.45, 2.75) is 18.6 Å². The predicted octanol–water partition coefficient (Wildman–Crippen LogP) is 4.66. The van der Waals surface area contributed by atoms with E-state index in [1.807, 2.05) is 0 Å². The summed E-state index contributed by atoms with van der Waals surface area (Å²) in [5.74, 6) is 0.678. The number of likely N-dealkylation sites (tertiary alicyclic amines) is 1. The summed E-state index contributed by atoms with van der Waals surface area (Å²) in [6.45, 7) is 0.963. The van der Waals surface area contributed by atoms with E-state index in [-0.39, 0.29) is 11.9 Å². The van der Waals surface area contributed by atoms with Gasteiger partial charge in [-0.1, -0.05) is 17.4 Å². The van der Waals surface area contributed by atoms with E-state index in [1.54, 1.807) is 23.1 Å². The number of aromatic nitrogens is 1. The zero-order valence-corrected chi connectivity index (χ0v) is 17.6. The Kier molecular flexibility index (Phi) is 5.65. The van der Waals surface area contributed by atoms with E-state index in [2.05, 4.69) is 10.3 Å². The number of thiazole rings is 1. The lowest BCUT2D eigenvalue weighted by Crippen LogP contribution is -2.32. The van der Waals surface area contributed by atoms with Gasteiger partial charge in [0.15, 0.2) is 5.13 Å². The summed E-state index contributed by atoms with van der Waals surface area (Å²) in [7, 11) is 2.99. The number of alkyl halides is 3. The fourth-order valence-electron chi connectivity index (χ4n) is 3.62. The van der Waals surface area contributed by atoms with Crippen molar-refractivity contribution < 1.29 is 27.4 Å². The Balaban J connectivity index is 1.48. The Morgan fingerprint density at radius 3 is 2.55 bits per heavy atom. The first-order chi connectivity index (χ1) is 14.8. The number of ether oxygens (including phenoxy) is 2. The standard InChI is InChI=1S/C21H20F3N3O3S/c1-29-15-4-3-5-16(30-2)18(15)19(28)27-9-8-13(11-27)25-20-26-14-7-6-12(21(22,23)24)10-17(14)31-20/h3-7,10,13H,8-9,11H2,1-2H3,(H,25,26)/t13-/m1/s1. The molecule has 1 fully saturated rings. The third-order valence-corrected chi connectivity index (χ3v) is 6.11. The third kappa shape index (κ3) is 4.25. The van der Waals surface area contributed by atoms with Gasteiger partial charge >= 0.3 is 6.18 Å². The average Bonchev–Trinajstić information content (AvgIpc) is 3.37. The molecule has 1 N–H and O–H groups in total. The van der Waals surface area contributed by atoms with Crippen LogP contribution in [0.25, 0.3) is 10.2 Å². The second-order valence-corrected chi connectivity index (χ2v) is 8.15. The zero-order valence-electron chi connectivity index (χ0n) is 16.8. The van der Waals surface area contributed by atoms with Gasteiger partial charge in [0.05, 0.1) is 30.0 Å². The molecule has 0 radical (unpaired) electrons. The third-order valence-electron chi connectivity index (χ3n) is 5.16. The number of methoxy groups -OCH3 is 2. The van der Waals surface area contributed by atoms with Crippen molar-refractivity contribution in [1.82, 2.24) is 9.88 Å². The summed E-state index contributed by atoms with van der Waals surface area (Å²) in [6, 6.07) is 8.61. The lowest BCUT2D eigenvalue weighted by Gasteiger charge is -2.20. The van der Waals surface area contributed by atoms with Crippen molar-refractivity contribution in [3.8, 4) is 11.5 Å². The van der Waals surface area contributed by atoms with E-state index in [0.717, 1.165) is 12.1 Å². The number of anilines is 1. The largest absolute Gasteiger partial charge is 0.496 e. The van der Waals surface area contributed by atoms with E-state index in [4.69, 9.17) is 9.47 Å². The van der Waals surface area contributed by atoms with Crippen molar-refractivity contribution in [3.63, 3.8) is 0 Å². The van der Waals surface area contributed by atoms with Gasteiger partial charge in [-0.2, -0.15) is 13.2 Å². The lowest BCUT2D eigenvalue weighted by atomic mass is 10.1. The van der Waals surface area contributed by atoms with Gasteiger partial charge < -0.3 is 19.7 Å². The number of benzene rings is 2. The summed E-state index contributed by atoms with van der Waals surface area (Å²) in [6.07, 6.45) is -3.70. The van der Waals surface area contributed by atoms with Gasteiger partial charge in [0.2, 0.25) is 0 Å². The van der Waals surface area contributed by atoms with Gasteiger partial charge in [0.25, 0.3) is 5.91 Å². The first-order valence-electron chi connectivity index (χ1n) is 9.54. The monoisotopic (exact) mass is 451 g/mol. The van der Waals surface area contributed by atoms with E-state index >= 15 is 0 Å². The van der Waals surface area contributed by atoms with Crippen LogP contribution in [-0.4, -0.2) is 49.1 Å². The van der Waals surface area contributed by atoms with Crippen LogP contribution in [-0.2, 0) is 6.18 Å². The fraction of sp³-hybridized carbons (Fsp3) is 0.333. The molecule has 0 saturated carbocycles. The molecule has 1 aliphatic rings. The maximum atomic E-state index is 13.1. The fourth-order valence-corrected chi connectivity index (χ4v) is 4.60. The molecule has 31 heavy (non-hydrogen) atoms. The Labute approximate surface area is 180 Å². The normalized spacial score (nSPS) is 16.5. The van der Waals surface area contributed by atoms with E-state index in [1.165, 1.54) is 31.6 Å². The SMILES string of the molecule is COc1cccc(OC)c1C(=O)N1CC[C@@H](Nc2nc3ccc(C(F)(F)F)cc3s2)C1. The number of fused-ring (bicyclic) bond motifs is 1. The van der Waals surface area contributed by atoms with Crippen molar-refractivity contribution in [3.05, 3.63) is 47.5 Å². The second kappa shape index (κ2) is 8.26. The number of carbonyl (C=O) groups is 1. The minimum absolute atomic E-state index is 0.0627. The van der Waals surface area contributed by atoms with Crippen LogP contribution in [0.2, 0.25) is 0 Å². The highest BCUT2D eigenvalue weighted by Gasteiger charge is 2.32. The summed E-state index contributed by atoms with van der Waals surface area (Å²) >= 11 is 1.17. The molecule has 10 heteroatoms. The highest BCUT2D eigenvalue weighted by molar-refractivity contribution is 7.22. The molecule has 0 bridgehead atoms. The molecule has 1 aliphatic heterocycles.